The van der Waals surface area contributed by atoms with Gasteiger partial charge in [0, 0.05) is 34.4 Å². The molecule has 108 valence electrons. The minimum atomic E-state index is -3.67. The van der Waals surface area contributed by atoms with Crippen LogP contribution < -0.4 is 10.5 Å². The molecule has 6 nitrogen and oxygen atoms in total. The topological polar surface area (TPSA) is 90.0 Å². The second kappa shape index (κ2) is 6.25. The number of halogens is 2. The quantitative estimate of drug-likeness (QED) is 0.719. The van der Waals surface area contributed by atoms with Crippen molar-refractivity contribution in [1.82, 2.24) is 14.3 Å². The van der Waals surface area contributed by atoms with Crippen LogP contribution in [-0.2, 0) is 16.6 Å². The van der Waals surface area contributed by atoms with E-state index in [0.29, 0.717) is 15.5 Å². The molecule has 0 bridgehead atoms. The first kappa shape index (κ1) is 15.5. The molecule has 0 saturated heterocycles. The van der Waals surface area contributed by atoms with E-state index in [0.717, 1.165) is 0 Å². The van der Waals surface area contributed by atoms with Crippen molar-refractivity contribution in [3.8, 4) is 0 Å². The van der Waals surface area contributed by atoms with Crippen molar-refractivity contribution in [2.45, 2.75) is 11.4 Å². The number of imidazole rings is 1. The number of nitrogens with two attached hydrogens (primary N) is 1. The SMILES string of the molecule is Nc1cc(Br)cc(Br)c1S(=O)(=O)NCCn1ccnc1. The fourth-order valence-electron chi connectivity index (χ4n) is 1.66. The highest BCUT2D eigenvalue weighted by molar-refractivity contribution is 9.11. The second-order valence-electron chi connectivity index (χ2n) is 4.00. The highest BCUT2D eigenvalue weighted by Crippen LogP contribution is 2.31. The molecular weight excluding hydrogens is 412 g/mol. The van der Waals surface area contributed by atoms with E-state index >= 15 is 0 Å². The molecule has 0 aliphatic heterocycles. The minimum Gasteiger partial charge on any atom is -0.398 e. The number of anilines is 1. The molecule has 0 spiro atoms. The molecule has 0 aliphatic rings. The van der Waals surface area contributed by atoms with E-state index in [1.165, 1.54) is 0 Å². The highest BCUT2D eigenvalue weighted by atomic mass is 79.9. The van der Waals surface area contributed by atoms with Gasteiger partial charge < -0.3 is 10.3 Å². The van der Waals surface area contributed by atoms with E-state index < -0.39 is 10.0 Å². The molecule has 20 heavy (non-hydrogen) atoms. The molecule has 2 aromatic rings. The number of sulfonamides is 1. The summed E-state index contributed by atoms with van der Waals surface area (Å²) in [6, 6.07) is 3.19. The number of nitrogens with zero attached hydrogens (tertiary/aromatic N) is 2. The van der Waals surface area contributed by atoms with Crippen molar-refractivity contribution in [1.29, 1.82) is 0 Å². The summed E-state index contributed by atoms with van der Waals surface area (Å²) in [7, 11) is -3.67. The first-order valence-corrected chi connectivity index (χ1v) is 8.67. The van der Waals surface area contributed by atoms with Crippen LogP contribution in [0.5, 0.6) is 0 Å². The smallest absolute Gasteiger partial charge is 0.243 e. The number of rotatable bonds is 5. The van der Waals surface area contributed by atoms with Crippen molar-refractivity contribution in [3.05, 3.63) is 39.8 Å². The van der Waals surface area contributed by atoms with E-state index in [2.05, 4.69) is 41.6 Å². The van der Waals surface area contributed by atoms with Gasteiger partial charge in [0.25, 0.3) is 0 Å². The summed E-state index contributed by atoms with van der Waals surface area (Å²) in [5, 5.41) is 0. The fourth-order valence-corrected chi connectivity index (χ4v) is 4.75. The Morgan fingerprint density at radius 3 is 2.70 bits per heavy atom. The van der Waals surface area contributed by atoms with Gasteiger partial charge in [-0.15, -0.1) is 0 Å². The van der Waals surface area contributed by atoms with Crippen LogP contribution >= 0.6 is 31.9 Å². The lowest BCUT2D eigenvalue weighted by atomic mass is 10.3. The summed E-state index contributed by atoms with van der Waals surface area (Å²) in [5.74, 6) is 0. The summed E-state index contributed by atoms with van der Waals surface area (Å²) in [6.45, 7) is 0.744. The lowest BCUT2D eigenvalue weighted by molar-refractivity contribution is 0.572. The van der Waals surface area contributed by atoms with Crippen LogP contribution in [0.4, 0.5) is 5.69 Å². The number of nitrogens with one attached hydrogen (secondary N) is 1. The number of benzene rings is 1. The summed E-state index contributed by atoms with van der Waals surface area (Å²) in [6.07, 6.45) is 5.02. The normalized spacial score (nSPS) is 11.7. The van der Waals surface area contributed by atoms with Crippen molar-refractivity contribution < 1.29 is 8.42 Å². The second-order valence-corrected chi connectivity index (χ2v) is 7.48. The summed E-state index contributed by atoms with van der Waals surface area (Å²) < 4.78 is 29.9. The predicted octanol–water partition coefficient (Wildman–Crippen LogP) is 1.97. The molecule has 3 N–H and O–H groups in total. The van der Waals surface area contributed by atoms with Crippen molar-refractivity contribution >= 4 is 47.6 Å². The van der Waals surface area contributed by atoms with Crippen molar-refractivity contribution in [3.63, 3.8) is 0 Å². The van der Waals surface area contributed by atoms with Crippen molar-refractivity contribution in [2.24, 2.45) is 0 Å². The lowest BCUT2D eigenvalue weighted by Gasteiger charge is -2.11. The largest absolute Gasteiger partial charge is 0.398 e. The molecular formula is C11H12Br2N4O2S. The average Bonchev–Trinajstić information content (AvgIpc) is 2.79. The van der Waals surface area contributed by atoms with Crippen LogP contribution in [0.2, 0.25) is 0 Å². The summed E-state index contributed by atoms with van der Waals surface area (Å²) in [4.78, 5) is 3.93. The Balaban J connectivity index is 2.14. The Kier molecular flexibility index (Phi) is 4.84. The number of hydrogen-bond acceptors (Lipinski definition) is 4. The monoisotopic (exact) mass is 422 g/mol. The molecule has 0 saturated carbocycles. The summed E-state index contributed by atoms with van der Waals surface area (Å²) in [5.41, 5.74) is 5.96. The molecule has 2 rings (SSSR count). The van der Waals surface area contributed by atoms with Gasteiger partial charge in [-0.2, -0.15) is 0 Å². The Morgan fingerprint density at radius 1 is 1.35 bits per heavy atom. The minimum absolute atomic E-state index is 0.0475. The number of nitrogen functional groups attached to an aromatic ring is 1. The third-order valence-corrected chi connectivity index (χ3v) is 5.45. The third kappa shape index (κ3) is 3.60. The molecule has 1 aromatic heterocycles. The van der Waals surface area contributed by atoms with E-state index in [4.69, 9.17) is 5.73 Å². The maximum atomic E-state index is 12.3. The number of aromatic nitrogens is 2. The maximum absolute atomic E-state index is 12.3. The molecule has 1 aromatic carbocycles. The van der Waals surface area contributed by atoms with E-state index in [1.807, 2.05) is 0 Å². The van der Waals surface area contributed by atoms with Crippen LogP contribution in [0.25, 0.3) is 0 Å². The van der Waals surface area contributed by atoms with Crippen LogP contribution in [0, 0.1) is 0 Å². The Morgan fingerprint density at radius 2 is 2.10 bits per heavy atom. The van der Waals surface area contributed by atoms with Crippen LogP contribution in [0.3, 0.4) is 0 Å². The molecule has 0 radical (unpaired) electrons. The van der Waals surface area contributed by atoms with Gasteiger partial charge >= 0.3 is 0 Å². The van der Waals surface area contributed by atoms with Crippen LogP contribution in [-0.4, -0.2) is 24.5 Å². The van der Waals surface area contributed by atoms with Gasteiger partial charge in [-0.1, -0.05) is 15.9 Å². The summed E-state index contributed by atoms with van der Waals surface area (Å²) >= 11 is 6.48. The van der Waals surface area contributed by atoms with E-state index in [9.17, 15) is 8.42 Å². The Hall–Kier alpha value is -0.900. The van der Waals surface area contributed by atoms with Crippen LogP contribution in [0.15, 0.2) is 44.7 Å². The van der Waals surface area contributed by atoms with E-state index in [1.54, 1.807) is 35.4 Å². The van der Waals surface area contributed by atoms with Crippen molar-refractivity contribution in [2.75, 3.05) is 12.3 Å². The molecule has 0 unspecified atom stereocenters. The molecule has 9 heteroatoms. The third-order valence-electron chi connectivity index (χ3n) is 2.53. The fraction of sp³-hybridized carbons (Fsp3) is 0.182. The van der Waals surface area contributed by atoms with Gasteiger partial charge in [-0.3, -0.25) is 0 Å². The molecule has 0 amide bonds. The highest BCUT2D eigenvalue weighted by Gasteiger charge is 2.21. The lowest BCUT2D eigenvalue weighted by Crippen LogP contribution is -2.28. The number of hydrogen-bond donors (Lipinski definition) is 2. The molecule has 0 atom stereocenters. The van der Waals surface area contributed by atoms with Crippen LogP contribution in [0.1, 0.15) is 0 Å². The molecule has 0 aliphatic carbocycles. The predicted molar refractivity (Wildman–Crippen MR) is 83.7 cm³/mol. The zero-order valence-corrected chi connectivity index (χ0v) is 14.2. The molecule has 1 heterocycles. The Labute approximate surface area is 133 Å². The first-order valence-electron chi connectivity index (χ1n) is 5.60. The van der Waals surface area contributed by atoms with E-state index in [-0.39, 0.29) is 17.1 Å². The average molecular weight is 424 g/mol. The van der Waals surface area contributed by atoms with Gasteiger partial charge in [0.2, 0.25) is 10.0 Å². The molecule has 0 fully saturated rings. The van der Waals surface area contributed by atoms with Gasteiger partial charge in [0.1, 0.15) is 4.90 Å². The zero-order chi connectivity index (χ0) is 14.8. The van der Waals surface area contributed by atoms with Gasteiger partial charge in [-0.05, 0) is 28.1 Å². The van der Waals surface area contributed by atoms with Gasteiger partial charge in [-0.25, -0.2) is 18.1 Å². The zero-order valence-electron chi connectivity index (χ0n) is 10.3. The Bertz CT molecular complexity index is 678. The van der Waals surface area contributed by atoms with Gasteiger partial charge in [0.05, 0.1) is 12.0 Å². The standard InChI is InChI=1S/C11H12Br2N4O2S/c12-8-5-9(13)11(10(14)6-8)20(18,19)16-2-4-17-3-1-15-7-17/h1,3,5-7,16H,2,4,14H2. The first-order chi connectivity index (χ1) is 9.40. The van der Waals surface area contributed by atoms with Gasteiger partial charge in [0.15, 0.2) is 0 Å². The maximum Gasteiger partial charge on any atom is 0.243 e.